The Hall–Kier alpha value is -1.31. The zero-order valence-corrected chi connectivity index (χ0v) is 8.83. The fourth-order valence-corrected chi connectivity index (χ4v) is 1.84. The summed E-state index contributed by atoms with van der Waals surface area (Å²) in [6.07, 6.45) is 0.865. The Balaban J connectivity index is 2.85. The van der Waals surface area contributed by atoms with Crippen LogP contribution in [0, 0.1) is 20.9 Å². The summed E-state index contributed by atoms with van der Waals surface area (Å²) in [5.74, 6) is 0.939. The average molecular weight is 186 g/mol. The monoisotopic (exact) mass is 186 g/mol. The predicted octanol–water partition coefficient (Wildman–Crippen LogP) is 2.73. The molecule has 1 aromatic heterocycles. The van der Waals surface area contributed by atoms with E-state index in [1.807, 2.05) is 0 Å². The van der Waals surface area contributed by atoms with Crippen LogP contribution in [0.3, 0.4) is 0 Å². The van der Waals surface area contributed by atoms with Crippen molar-refractivity contribution in [2.75, 3.05) is 0 Å². The summed E-state index contributed by atoms with van der Waals surface area (Å²) >= 11 is 0. The van der Waals surface area contributed by atoms with Gasteiger partial charge in [-0.15, -0.1) is 0 Å². The van der Waals surface area contributed by atoms with E-state index >= 15 is 0 Å². The van der Waals surface area contributed by atoms with E-state index in [0.29, 0.717) is 0 Å². The molecule has 2 aromatic rings. The summed E-state index contributed by atoms with van der Waals surface area (Å²) in [5.41, 5.74) is 4.47. The van der Waals surface area contributed by atoms with Crippen LogP contribution in [-0.2, 0) is 6.42 Å². The first-order valence-corrected chi connectivity index (χ1v) is 4.87. The molecule has 0 unspecified atom stereocenters. The third kappa shape index (κ3) is 1.22. The molecule has 14 heavy (non-hydrogen) atoms. The van der Waals surface area contributed by atoms with Gasteiger partial charge in [0.2, 0.25) is 0 Å². The number of aromatic nitrogens is 2. The van der Waals surface area contributed by atoms with Crippen LogP contribution in [-0.4, -0.2) is 9.55 Å². The molecule has 2 rings (SSSR count). The van der Waals surface area contributed by atoms with Crippen LogP contribution in [0.1, 0.15) is 23.9 Å². The van der Waals surface area contributed by atoms with Crippen LogP contribution in [0.15, 0.2) is 12.1 Å². The molecule has 0 N–H and O–H groups in total. The van der Waals surface area contributed by atoms with E-state index in [1.54, 1.807) is 4.57 Å². The minimum Gasteiger partial charge on any atom is -0.320 e. The molecule has 2 radical (unpaired) electrons. The average Bonchev–Trinajstić information content (AvgIpc) is 2.44. The van der Waals surface area contributed by atoms with Crippen molar-refractivity contribution >= 4 is 11.0 Å². The highest BCUT2D eigenvalue weighted by Crippen LogP contribution is 2.21. The maximum Gasteiger partial charge on any atom is 0.110 e. The van der Waals surface area contributed by atoms with Crippen LogP contribution in [0.25, 0.3) is 11.0 Å². The minimum atomic E-state index is 0.865. The third-order valence-electron chi connectivity index (χ3n) is 2.52. The summed E-state index contributed by atoms with van der Waals surface area (Å²) < 4.78 is 1.69. The molecular weight excluding hydrogens is 172 g/mol. The molecule has 0 aliphatic carbocycles. The molecule has 0 amide bonds. The number of rotatable bonds is 1. The van der Waals surface area contributed by atoms with Crippen molar-refractivity contribution < 1.29 is 0 Å². The quantitative estimate of drug-likeness (QED) is 0.669. The van der Waals surface area contributed by atoms with E-state index < -0.39 is 0 Å². The largest absolute Gasteiger partial charge is 0.320 e. The molecule has 0 bridgehead atoms. The minimum absolute atomic E-state index is 0.865. The van der Waals surface area contributed by atoms with Gasteiger partial charge in [-0.2, -0.15) is 0 Å². The molecule has 1 heterocycles. The smallest absolute Gasteiger partial charge is 0.110 e. The normalized spacial score (nSPS) is 11.1. The van der Waals surface area contributed by atoms with E-state index in [4.69, 9.17) is 7.05 Å². The standard InChI is InChI=1S/C12H14N2/c1-5-11-13-12-9(3)6-8(2)7-10(12)14(11)4/h4,6-7H,5H2,1-3H3. The molecular formula is C12H14N2. The highest BCUT2D eigenvalue weighted by molar-refractivity contribution is 5.80. The zero-order chi connectivity index (χ0) is 10.3. The first kappa shape index (κ1) is 9.25. The first-order chi connectivity index (χ1) is 6.63. The van der Waals surface area contributed by atoms with Gasteiger partial charge in [0.05, 0.1) is 18.1 Å². The molecule has 0 aliphatic rings. The van der Waals surface area contributed by atoms with E-state index in [1.165, 1.54) is 11.1 Å². The number of hydrogen-bond donors (Lipinski definition) is 0. The molecule has 72 valence electrons. The molecule has 0 spiro atoms. The lowest BCUT2D eigenvalue weighted by atomic mass is 10.1. The second-order valence-electron chi connectivity index (χ2n) is 3.70. The molecule has 0 saturated heterocycles. The molecule has 2 nitrogen and oxygen atoms in total. The Morgan fingerprint density at radius 2 is 2.07 bits per heavy atom. The van der Waals surface area contributed by atoms with Crippen molar-refractivity contribution in [3.63, 3.8) is 0 Å². The van der Waals surface area contributed by atoms with Crippen LogP contribution >= 0.6 is 0 Å². The van der Waals surface area contributed by atoms with Crippen molar-refractivity contribution in [3.8, 4) is 0 Å². The van der Waals surface area contributed by atoms with Gasteiger partial charge < -0.3 is 4.57 Å². The maximum atomic E-state index is 5.94. The first-order valence-electron chi connectivity index (χ1n) is 4.87. The van der Waals surface area contributed by atoms with Gasteiger partial charge in [0.25, 0.3) is 0 Å². The van der Waals surface area contributed by atoms with E-state index in [2.05, 4.69) is 37.9 Å². The van der Waals surface area contributed by atoms with Gasteiger partial charge >= 0.3 is 0 Å². The van der Waals surface area contributed by atoms with Gasteiger partial charge in [-0.1, -0.05) is 13.0 Å². The number of aryl methyl sites for hydroxylation is 3. The van der Waals surface area contributed by atoms with Crippen molar-refractivity contribution in [1.82, 2.24) is 9.55 Å². The van der Waals surface area contributed by atoms with Crippen LogP contribution in [0.2, 0.25) is 0 Å². The summed E-state index contributed by atoms with van der Waals surface area (Å²) in [7, 11) is 5.94. The van der Waals surface area contributed by atoms with Crippen molar-refractivity contribution in [2.24, 2.45) is 0 Å². The summed E-state index contributed by atoms with van der Waals surface area (Å²) in [6, 6.07) is 4.21. The Bertz CT molecular complexity index is 481. The number of imidazole rings is 1. The summed E-state index contributed by atoms with van der Waals surface area (Å²) in [5, 5.41) is 0. The van der Waals surface area contributed by atoms with Crippen molar-refractivity contribution in [3.05, 3.63) is 36.1 Å². The Kier molecular flexibility index (Phi) is 2.06. The van der Waals surface area contributed by atoms with Crippen LogP contribution < -0.4 is 0 Å². The van der Waals surface area contributed by atoms with Crippen LogP contribution in [0.5, 0.6) is 0 Å². The Morgan fingerprint density at radius 3 is 2.71 bits per heavy atom. The van der Waals surface area contributed by atoms with Gasteiger partial charge in [0.1, 0.15) is 5.82 Å². The number of benzene rings is 1. The highest BCUT2D eigenvalue weighted by Gasteiger charge is 2.08. The van der Waals surface area contributed by atoms with E-state index in [0.717, 1.165) is 23.3 Å². The molecule has 0 fully saturated rings. The SMILES string of the molecule is [CH]n1c(CC)nc2c(C)cc(C)cc21. The lowest BCUT2D eigenvalue weighted by Crippen LogP contribution is -1.92. The maximum absolute atomic E-state index is 5.94. The van der Waals surface area contributed by atoms with Gasteiger partial charge in [-0.3, -0.25) is 0 Å². The van der Waals surface area contributed by atoms with Crippen molar-refractivity contribution in [2.45, 2.75) is 27.2 Å². The van der Waals surface area contributed by atoms with Gasteiger partial charge in [0, 0.05) is 6.42 Å². The second-order valence-corrected chi connectivity index (χ2v) is 3.70. The van der Waals surface area contributed by atoms with Crippen molar-refractivity contribution in [1.29, 1.82) is 0 Å². The molecule has 0 saturated carbocycles. The molecule has 1 aromatic carbocycles. The fourth-order valence-electron chi connectivity index (χ4n) is 1.84. The lowest BCUT2D eigenvalue weighted by Gasteiger charge is -2.00. The number of hydrogen-bond acceptors (Lipinski definition) is 1. The Morgan fingerprint density at radius 1 is 1.36 bits per heavy atom. The van der Waals surface area contributed by atoms with Crippen LogP contribution in [0.4, 0.5) is 0 Å². The van der Waals surface area contributed by atoms with Gasteiger partial charge in [0.15, 0.2) is 0 Å². The fraction of sp³-hybridized carbons (Fsp3) is 0.333. The highest BCUT2D eigenvalue weighted by atomic mass is 15.1. The number of nitrogens with zero attached hydrogens (tertiary/aromatic N) is 2. The van der Waals surface area contributed by atoms with E-state index in [9.17, 15) is 0 Å². The lowest BCUT2D eigenvalue weighted by molar-refractivity contribution is 0.906. The molecule has 0 atom stereocenters. The number of fused-ring (bicyclic) bond motifs is 1. The predicted molar refractivity (Wildman–Crippen MR) is 58.3 cm³/mol. The zero-order valence-electron chi connectivity index (χ0n) is 8.83. The third-order valence-corrected chi connectivity index (χ3v) is 2.52. The Labute approximate surface area is 84.6 Å². The molecule has 0 aliphatic heterocycles. The second kappa shape index (κ2) is 3.12. The molecule has 2 heteroatoms. The topological polar surface area (TPSA) is 17.8 Å². The van der Waals surface area contributed by atoms with Gasteiger partial charge in [-0.25, -0.2) is 4.98 Å². The summed E-state index contributed by atoms with van der Waals surface area (Å²) in [6.45, 7) is 6.21. The van der Waals surface area contributed by atoms with Gasteiger partial charge in [-0.05, 0) is 31.0 Å². The summed E-state index contributed by atoms with van der Waals surface area (Å²) in [4.78, 5) is 4.51. The van der Waals surface area contributed by atoms with E-state index in [-0.39, 0.29) is 0 Å².